The standard InChI is InChI=1S/C18H23N3O3/c1-2-20-7-9-21(10-8-20)18(24)6-5-16(22)13-3-4-15-14(11-13)12-17(23)19-15/h3-4,11H,2,5-10,12H2,1H3,(H,19,23). The van der Waals surface area contributed by atoms with Crippen LogP contribution in [0, 0.1) is 0 Å². The van der Waals surface area contributed by atoms with Crippen molar-refractivity contribution in [3.63, 3.8) is 0 Å². The van der Waals surface area contributed by atoms with Gasteiger partial charge < -0.3 is 15.1 Å². The third-order valence-electron chi connectivity index (χ3n) is 4.79. The number of nitrogens with one attached hydrogen (secondary N) is 1. The molecule has 24 heavy (non-hydrogen) atoms. The van der Waals surface area contributed by atoms with Crippen molar-refractivity contribution in [3.05, 3.63) is 29.3 Å². The molecule has 0 aromatic heterocycles. The Morgan fingerprint density at radius 2 is 1.88 bits per heavy atom. The lowest BCUT2D eigenvalue weighted by Gasteiger charge is -2.34. The van der Waals surface area contributed by atoms with Gasteiger partial charge in [-0.2, -0.15) is 0 Å². The van der Waals surface area contributed by atoms with Gasteiger partial charge in [0, 0.05) is 50.3 Å². The Balaban J connectivity index is 1.52. The molecule has 0 unspecified atom stereocenters. The summed E-state index contributed by atoms with van der Waals surface area (Å²) in [7, 11) is 0. The Morgan fingerprint density at radius 3 is 2.58 bits per heavy atom. The third kappa shape index (κ3) is 3.64. The third-order valence-corrected chi connectivity index (χ3v) is 4.79. The molecule has 1 aromatic rings. The molecular weight excluding hydrogens is 306 g/mol. The molecule has 6 nitrogen and oxygen atoms in total. The van der Waals surface area contributed by atoms with Crippen LogP contribution in [0.4, 0.5) is 5.69 Å². The summed E-state index contributed by atoms with van der Waals surface area (Å²) in [5.74, 6) is -0.0363. The van der Waals surface area contributed by atoms with Crippen molar-refractivity contribution in [1.29, 1.82) is 0 Å². The average Bonchev–Trinajstić information content (AvgIpc) is 2.98. The zero-order chi connectivity index (χ0) is 17.1. The first-order valence-electron chi connectivity index (χ1n) is 8.53. The van der Waals surface area contributed by atoms with E-state index in [4.69, 9.17) is 0 Å². The molecule has 2 amide bonds. The number of hydrogen-bond donors (Lipinski definition) is 1. The fourth-order valence-corrected chi connectivity index (χ4v) is 3.24. The highest BCUT2D eigenvalue weighted by atomic mass is 16.2. The zero-order valence-corrected chi connectivity index (χ0v) is 14.0. The minimum absolute atomic E-state index is 0.0438. The number of ketones is 1. The van der Waals surface area contributed by atoms with Gasteiger partial charge in [0.2, 0.25) is 11.8 Å². The van der Waals surface area contributed by atoms with Gasteiger partial charge in [0.15, 0.2) is 5.78 Å². The minimum atomic E-state index is -0.0454. The van der Waals surface area contributed by atoms with E-state index in [0.717, 1.165) is 44.0 Å². The van der Waals surface area contributed by atoms with E-state index in [2.05, 4.69) is 17.1 Å². The van der Waals surface area contributed by atoms with E-state index in [9.17, 15) is 14.4 Å². The van der Waals surface area contributed by atoms with Crippen LogP contribution < -0.4 is 5.32 Å². The molecule has 3 rings (SSSR count). The van der Waals surface area contributed by atoms with E-state index in [1.165, 1.54) is 0 Å². The number of rotatable bonds is 5. The Bertz CT molecular complexity index is 663. The van der Waals surface area contributed by atoms with Crippen LogP contribution in [0.2, 0.25) is 0 Å². The predicted molar refractivity (Wildman–Crippen MR) is 91.0 cm³/mol. The van der Waals surface area contributed by atoms with Gasteiger partial charge >= 0.3 is 0 Å². The molecule has 0 saturated carbocycles. The number of anilines is 1. The number of fused-ring (bicyclic) bond motifs is 1. The molecule has 1 N–H and O–H groups in total. The normalized spacial score (nSPS) is 17.5. The summed E-state index contributed by atoms with van der Waals surface area (Å²) in [4.78, 5) is 40.1. The molecule has 0 atom stereocenters. The van der Waals surface area contributed by atoms with Gasteiger partial charge in [0.05, 0.1) is 6.42 Å². The van der Waals surface area contributed by atoms with Crippen LogP contribution in [0.1, 0.15) is 35.7 Å². The van der Waals surface area contributed by atoms with Crippen LogP contribution in [-0.2, 0) is 16.0 Å². The number of carbonyl (C=O) groups is 3. The van der Waals surface area contributed by atoms with Gasteiger partial charge in [-0.3, -0.25) is 14.4 Å². The maximum Gasteiger partial charge on any atom is 0.228 e. The van der Waals surface area contributed by atoms with Crippen LogP contribution in [0.3, 0.4) is 0 Å². The number of hydrogen-bond acceptors (Lipinski definition) is 4. The van der Waals surface area contributed by atoms with Crippen LogP contribution in [-0.4, -0.2) is 60.1 Å². The molecule has 6 heteroatoms. The highest BCUT2D eigenvalue weighted by Gasteiger charge is 2.22. The summed E-state index contributed by atoms with van der Waals surface area (Å²) in [6.45, 7) is 6.43. The number of amides is 2. The molecule has 0 spiro atoms. The average molecular weight is 329 g/mol. The van der Waals surface area contributed by atoms with Crippen molar-refractivity contribution in [2.75, 3.05) is 38.0 Å². The van der Waals surface area contributed by atoms with E-state index >= 15 is 0 Å². The van der Waals surface area contributed by atoms with Crippen molar-refractivity contribution in [2.45, 2.75) is 26.2 Å². The summed E-state index contributed by atoms with van der Waals surface area (Å²) in [6, 6.07) is 5.25. The van der Waals surface area contributed by atoms with Gasteiger partial charge in [0.25, 0.3) is 0 Å². The molecule has 0 radical (unpaired) electrons. The lowest BCUT2D eigenvalue weighted by atomic mass is 10.0. The molecule has 1 saturated heterocycles. The topological polar surface area (TPSA) is 69.7 Å². The van der Waals surface area contributed by atoms with Gasteiger partial charge in [-0.25, -0.2) is 0 Å². The fraction of sp³-hybridized carbons (Fsp3) is 0.500. The van der Waals surface area contributed by atoms with Gasteiger partial charge in [-0.15, -0.1) is 0 Å². The van der Waals surface area contributed by atoms with Gasteiger partial charge in [-0.05, 0) is 30.3 Å². The van der Waals surface area contributed by atoms with E-state index < -0.39 is 0 Å². The Labute approximate surface area is 141 Å². The fourth-order valence-electron chi connectivity index (χ4n) is 3.24. The molecule has 128 valence electrons. The molecule has 1 aromatic carbocycles. The molecule has 2 heterocycles. The first kappa shape index (κ1) is 16.6. The van der Waals surface area contributed by atoms with Crippen molar-refractivity contribution in [1.82, 2.24) is 9.80 Å². The Morgan fingerprint density at radius 1 is 1.12 bits per heavy atom. The van der Waals surface area contributed by atoms with E-state index in [1.54, 1.807) is 18.2 Å². The Hall–Kier alpha value is -2.21. The number of benzene rings is 1. The van der Waals surface area contributed by atoms with Gasteiger partial charge in [0.1, 0.15) is 0 Å². The summed E-state index contributed by atoms with van der Waals surface area (Å²) in [6.07, 6.45) is 0.781. The van der Waals surface area contributed by atoms with Crippen molar-refractivity contribution in [2.24, 2.45) is 0 Å². The number of carbonyl (C=O) groups excluding carboxylic acids is 3. The van der Waals surface area contributed by atoms with E-state index in [-0.39, 0.29) is 30.4 Å². The monoisotopic (exact) mass is 329 g/mol. The minimum Gasteiger partial charge on any atom is -0.340 e. The highest BCUT2D eigenvalue weighted by molar-refractivity contribution is 6.02. The maximum absolute atomic E-state index is 12.3. The quantitative estimate of drug-likeness (QED) is 0.827. The Kier molecular flexibility index (Phi) is 4.94. The number of nitrogens with zero attached hydrogens (tertiary/aromatic N) is 2. The number of Topliss-reactive ketones (excluding diaryl/α,β-unsaturated/α-hetero) is 1. The molecule has 2 aliphatic heterocycles. The van der Waals surface area contributed by atoms with Crippen molar-refractivity contribution < 1.29 is 14.4 Å². The van der Waals surface area contributed by atoms with Crippen molar-refractivity contribution in [3.8, 4) is 0 Å². The molecule has 1 fully saturated rings. The van der Waals surface area contributed by atoms with Crippen LogP contribution >= 0.6 is 0 Å². The second-order valence-corrected chi connectivity index (χ2v) is 6.34. The lowest BCUT2D eigenvalue weighted by Crippen LogP contribution is -2.48. The number of likely N-dealkylation sites (N-methyl/N-ethyl adjacent to an activating group) is 1. The molecular formula is C18H23N3O3. The summed E-state index contributed by atoms with van der Waals surface area (Å²) < 4.78 is 0. The van der Waals surface area contributed by atoms with Gasteiger partial charge in [-0.1, -0.05) is 6.92 Å². The predicted octanol–water partition coefficient (Wildman–Crippen LogP) is 1.31. The van der Waals surface area contributed by atoms with Crippen molar-refractivity contribution >= 4 is 23.3 Å². The first-order valence-corrected chi connectivity index (χ1v) is 8.53. The second-order valence-electron chi connectivity index (χ2n) is 6.34. The van der Waals surface area contributed by atoms with Crippen LogP contribution in [0.25, 0.3) is 0 Å². The van der Waals surface area contributed by atoms with E-state index in [1.807, 2.05) is 4.90 Å². The summed E-state index contributed by atoms with van der Waals surface area (Å²) in [5, 5.41) is 2.75. The molecule has 0 aliphatic carbocycles. The maximum atomic E-state index is 12.3. The molecule has 2 aliphatic rings. The highest BCUT2D eigenvalue weighted by Crippen LogP contribution is 2.24. The van der Waals surface area contributed by atoms with Crippen LogP contribution in [0.5, 0.6) is 0 Å². The second kappa shape index (κ2) is 7.13. The first-order chi connectivity index (χ1) is 11.6. The number of piperazine rings is 1. The SMILES string of the molecule is CCN1CCN(C(=O)CCC(=O)c2ccc3c(c2)CC(=O)N3)CC1. The van der Waals surface area contributed by atoms with Crippen LogP contribution in [0.15, 0.2) is 18.2 Å². The molecule has 0 bridgehead atoms. The van der Waals surface area contributed by atoms with E-state index in [0.29, 0.717) is 12.0 Å². The zero-order valence-electron chi connectivity index (χ0n) is 14.0. The summed E-state index contributed by atoms with van der Waals surface area (Å²) >= 11 is 0. The summed E-state index contributed by atoms with van der Waals surface area (Å²) in [5.41, 5.74) is 2.21. The largest absolute Gasteiger partial charge is 0.340 e. The lowest BCUT2D eigenvalue weighted by molar-refractivity contribution is -0.132. The smallest absolute Gasteiger partial charge is 0.228 e.